The molecule has 0 aromatic carbocycles. The summed E-state index contributed by atoms with van der Waals surface area (Å²) in [6.07, 6.45) is 18.5. The van der Waals surface area contributed by atoms with Crippen molar-refractivity contribution < 1.29 is 49.1 Å². The Kier molecular flexibility index (Phi) is 51.2. The average Bonchev–Trinajstić information content (AvgIpc) is 2.83. The van der Waals surface area contributed by atoms with Gasteiger partial charge in [-0.15, -0.1) is 0 Å². The van der Waals surface area contributed by atoms with Crippen molar-refractivity contribution in [3.8, 4) is 0 Å². The molecule has 0 atom stereocenters. The molecule has 0 aliphatic carbocycles. The van der Waals surface area contributed by atoms with Crippen molar-refractivity contribution in [2.24, 2.45) is 0 Å². The molecule has 0 saturated carbocycles. The lowest BCUT2D eigenvalue weighted by atomic mass is 10.1. The molecule has 0 spiro atoms. The van der Waals surface area contributed by atoms with Crippen molar-refractivity contribution in [1.82, 2.24) is 0 Å². The van der Waals surface area contributed by atoms with E-state index in [4.69, 9.17) is 34.8 Å². The van der Waals surface area contributed by atoms with Crippen LogP contribution in [0.15, 0.2) is 0 Å². The summed E-state index contributed by atoms with van der Waals surface area (Å²) in [6.45, 7) is 11.0. The highest BCUT2D eigenvalue weighted by Gasteiger charge is 2.00. The van der Waals surface area contributed by atoms with Crippen molar-refractivity contribution in [3.63, 3.8) is 0 Å². The molecule has 0 bridgehead atoms. The van der Waals surface area contributed by atoms with E-state index in [2.05, 4.69) is 20.8 Å². The molecule has 0 rings (SSSR count). The van der Waals surface area contributed by atoms with Crippen LogP contribution < -0.4 is 0 Å². The molecule has 0 aromatic heterocycles. The molecular weight excluding hydrogens is 520 g/mol. The Morgan fingerprint density at radius 2 is 0.700 bits per heavy atom. The largest absolute Gasteiger partial charge is 0.481 e. The van der Waals surface area contributed by atoms with Crippen LogP contribution in [0.4, 0.5) is 0 Å². The highest BCUT2D eigenvalue weighted by Crippen LogP contribution is 2.08. The van der Waals surface area contributed by atoms with E-state index in [0.29, 0.717) is 25.9 Å². The van der Waals surface area contributed by atoms with Crippen LogP contribution in [0.2, 0.25) is 0 Å². The standard InChI is InChI=1S/C12H24O2.C8H16O2.C6H12O2.2C2H4O2/c1-3-5-6-7-8-9-10-11-12(13)14-4-2;1-2-3-4-5-6-7-8(9)10;1-2-3-4-5-6(7)8;2*1-2(3)4/h3-11H2,1-2H3;2-7H2,1H3,(H,9,10);2-5H2,1H3,(H,7,8);2*1H3,(H,3,4). The Morgan fingerprint density at radius 3 is 1.00 bits per heavy atom. The summed E-state index contributed by atoms with van der Waals surface area (Å²) < 4.78 is 4.85. The van der Waals surface area contributed by atoms with Crippen LogP contribution in [0.5, 0.6) is 0 Å². The normalized spacial score (nSPS) is 9.05. The maximum Gasteiger partial charge on any atom is 0.305 e. The maximum absolute atomic E-state index is 11.0. The molecule has 10 heteroatoms. The molecule has 240 valence electrons. The summed E-state index contributed by atoms with van der Waals surface area (Å²) in [6, 6.07) is 0. The number of ether oxygens (including phenoxy) is 1. The first-order chi connectivity index (χ1) is 18.8. The van der Waals surface area contributed by atoms with Crippen LogP contribution in [0.25, 0.3) is 0 Å². The second kappa shape index (κ2) is 43.4. The molecule has 4 N–H and O–H groups in total. The minimum atomic E-state index is -0.833. The Labute approximate surface area is 242 Å². The fourth-order valence-corrected chi connectivity index (χ4v) is 2.87. The number of aliphatic carboxylic acids is 4. The van der Waals surface area contributed by atoms with Crippen molar-refractivity contribution in [3.05, 3.63) is 0 Å². The molecule has 0 saturated heterocycles. The predicted octanol–water partition coefficient (Wildman–Crippen LogP) is 7.95. The molecule has 0 aliphatic heterocycles. The van der Waals surface area contributed by atoms with Gasteiger partial charge in [0.15, 0.2) is 0 Å². The molecule has 10 nitrogen and oxygen atoms in total. The lowest BCUT2D eigenvalue weighted by Crippen LogP contribution is -2.03. The Balaban J connectivity index is -0.000000138. The van der Waals surface area contributed by atoms with Crippen molar-refractivity contribution >= 4 is 29.8 Å². The van der Waals surface area contributed by atoms with Gasteiger partial charge in [0, 0.05) is 33.1 Å². The number of carboxylic acid groups (broad SMARTS) is 4. The van der Waals surface area contributed by atoms with Gasteiger partial charge in [-0.2, -0.15) is 0 Å². The molecular formula is C30H60O10. The Morgan fingerprint density at radius 1 is 0.450 bits per heavy atom. The third-order valence-corrected chi connectivity index (χ3v) is 4.78. The van der Waals surface area contributed by atoms with E-state index in [0.717, 1.165) is 52.4 Å². The van der Waals surface area contributed by atoms with E-state index in [9.17, 15) is 14.4 Å². The zero-order valence-electron chi connectivity index (χ0n) is 26.2. The molecule has 0 unspecified atom stereocenters. The van der Waals surface area contributed by atoms with E-state index < -0.39 is 23.9 Å². The molecule has 0 aliphatic rings. The molecule has 0 heterocycles. The summed E-state index contributed by atoms with van der Waals surface area (Å²) in [5, 5.41) is 31.2. The number of unbranched alkanes of at least 4 members (excludes halogenated alkanes) is 12. The topological polar surface area (TPSA) is 175 Å². The number of esters is 1. The number of hydrogen-bond donors (Lipinski definition) is 4. The van der Waals surface area contributed by atoms with Gasteiger partial charge in [-0.1, -0.05) is 97.8 Å². The Hall–Kier alpha value is -2.65. The van der Waals surface area contributed by atoms with Gasteiger partial charge in [0.05, 0.1) is 6.61 Å². The van der Waals surface area contributed by atoms with Gasteiger partial charge >= 0.3 is 17.9 Å². The van der Waals surface area contributed by atoms with E-state index in [-0.39, 0.29) is 5.97 Å². The van der Waals surface area contributed by atoms with Gasteiger partial charge in [-0.3, -0.25) is 24.0 Å². The summed E-state index contributed by atoms with van der Waals surface area (Å²) >= 11 is 0. The molecule has 0 amide bonds. The van der Waals surface area contributed by atoms with E-state index in [1.54, 1.807) is 0 Å². The highest BCUT2D eigenvalue weighted by atomic mass is 16.5. The Bertz CT molecular complexity index is 557. The number of carboxylic acids is 4. The van der Waals surface area contributed by atoms with Crippen LogP contribution in [0, 0.1) is 0 Å². The maximum atomic E-state index is 11.0. The van der Waals surface area contributed by atoms with Gasteiger partial charge in [-0.25, -0.2) is 0 Å². The van der Waals surface area contributed by atoms with E-state index >= 15 is 0 Å². The van der Waals surface area contributed by atoms with E-state index in [1.807, 2.05) is 6.92 Å². The second-order valence-electron chi connectivity index (χ2n) is 9.12. The first kappa shape index (κ1) is 47.2. The number of rotatable bonds is 19. The average molecular weight is 581 g/mol. The smallest absolute Gasteiger partial charge is 0.305 e. The SMILES string of the molecule is CC(=O)O.CC(=O)O.CCCCCC(=O)O.CCCCCCCC(=O)O.CCCCCCCCCC(=O)OCC. The lowest BCUT2D eigenvalue weighted by molar-refractivity contribution is -0.143. The fourth-order valence-electron chi connectivity index (χ4n) is 2.87. The third-order valence-electron chi connectivity index (χ3n) is 4.78. The van der Waals surface area contributed by atoms with Gasteiger partial charge in [0.25, 0.3) is 11.9 Å². The zero-order chi connectivity index (χ0) is 32.0. The number of carbonyl (C=O) groups excluding carboxylic acids is 1. The minimum absolute atomic E-state index is 0.0407. The van der Waals surface area contributed by atoms with Crippen molar-refractivity contribution in [1.29, 1.82) is 0 Å². The fraction of sp³-hybridized carbons (Fsp3) is 0.833. The monoisotopic (exact) mass is 580 g/mol. The minimum Gasteiger partial charge on any atom is -0.481 e. The first-order valence-corrected chi connectivity index (χ1v) is 14.8. The summed E-state index contributed by atoms with van der Waals surface area (Å²) in [5.41, 5.74) is 0. The van der Waals surface area contributed by atoms with Crippen LogP contribution in [0.3, 0.4) is 0 Å². The summed E-state index contributed by atoms with van der Waals surface area (Å²) in [5.74, 6) is -3.06. The van der Waals surface area contributed by atoms with Crippen molar-refractivity contribution in [2.45, 2.75) is 157 Å². The number of carbonyl (C=O) groups is 5. The van der Waals surface area contributed by atoms with Crippen LogP contribution >= 0.6 is 0 Å². The van der Waals surface area contributed by atoms with Gasteiger partial charge in [0.1, 0.15) is 0 Å². The first-order valence-electron chi connectivity index (χ1n) is 14.8. The second-order valence-corrected chi connectivity index (χ2v) is 9.12. The predicted molar refractivity (Wildman–Crippen MR) is 159 cm³/mol. The van der Waals surface area contributed by atoms with Gasteiger partial charge in [0.2, 0.25) is 0 Å². The molecule has 0 fully saturated rings. The zero-order valence-corrected chi connectivity index (χ0v) is 26.2. The summed E-state index contributed by atoms with van der Waals surface area (Å²) in [4.78, 5) is 48.9. The van der Waals surface area contributed by atoms with Crippen LogP contribution in [-0.2, 0) is 28.7 Å². The van der Waals surface area contributed by atoms with Crippen molar-refractivity contribution in [2.75, 3.05) is 6.61 Å². The molecule has 0 aromatic rings. The quantitative estimate of drug-likeness (QED) is 0.0865. The molecule has 40 heavy (non-hydrogen) atoms. The van der Waals surface area contributed by atoms with Gasteiger partial charge in [-0.05, 0) is 26.2 Å². The molecule has 0 radical (unpaired) electrons. The third kappa shape index (κ3) is 91.5. The highest BCUT2D eigenvalue weighted by molar-refractivity contribution is 5.69. The van der Waals surface area contributed by atoms with Crippen LogP contribution in [0.1, 0.15) is 157 Å². The van der Waals surface area contributed by atoms with E-state index in [1.165, 1.54) is 57.8 Å². The van der Waals surface area contributed by atoms with Crippen LogP contribution in [-0.4, -0.2) is 56.9 Å². The lowest BCUT2D eigenvalue weighted by Gasteiger charge is -2.01. The van der Waals surface area contributed by atoms with Gasteiger partial charge < -0.3 is 25.2 Å². The summed E-state index contributed by atoms with van der Waals surface area (Å²) in [7, 11) is 0. The number of hydrogen-bond acceptors (Lipinski definition) is 6.